The first kappa shape index (κ1) is 13.1. The van der Waals surface area contributed by atoms with E-state index in [1.54, 1.807) is 7.11 Å². The smallest absolute Gasteiger partial charge is 0.123 e. The van der Waals surface area contributed by atoms with Crippen LogP contribution in [0.3, 0.4) is 0 Å². The molecule has 0 saturated heterocycles. The van der Waals surface area contributed by atoms with Crippen LogP contribution in [0.5, 0.6) is 5.75 Å². The van der Waals surface area contributed by atoms with Crippen LogP contribution in [0.1, 0.15) is 11.1 Å². The molecular formula is C17H16ClNO. The van der Waals surface area contributed by atoms with Gasteiger partial charge in [0, 0.05) is 27.7 Å². The van der Waals surface area contributed by atoms with E-state index in [1.165, 1.54) is 11.1 Å². The first-order chi connectivity index (χ1) is 9.69. The minimum absolute atomic E-state index is 0.773. The zero-order valence-electron chi connectivity index (χ0n) is 11.6. The van der Waals surface area contributed by atoms with Crippen LogP contribution in [0.4, 0.5) is 0 Å². The fourth-order valence-electron chi connectivity index (χ4n) is 2.54. The van der Waals surface area contributed by atoms with Gasteiger partial charge in [0.1, 0.15) is 5.75 Å². The Morgan fingerprint density at radius 2 is 2.00 bits per heavy atom. The summed E-state index contributed by atoms with van der Waals surface area (Å²) in [7, 11) is 1.71. The molecule has 0 fully saturated rings. The van der Waals surface area contributed by atoms with Crippen LogP contribution in [-0.4, -0.2) is 11.7 Å². The van der Waals surface area contributed by atoms with Gasteiger partial charge in [-0.25, -0.2) is 0 Å². The number of fused-ring (bicyclic) bond motifs is 1. The third-order valence-corrected chi connectivity index (χ3v) is 3.87. The van der Waals surface area contributed by atoms with Crippen molar-refractivity contribution in [2.24, 2.45) is 0 Å². The SMILES string of the molecule is COc1ccc(C)cc1Cn1ccc2c(Cl)cccc21. The minimum atomic E-state index is 0.773. The lowest BCUT2D eigenvalue weighted by Crippen LogP contribution is -2.01. The highest BCUT2D eigenvalue weighted by atomic mass is 35.5. The maximum atomic E-state index is 6.22. The molecule has 20 heavy (non-hydrogen) atoms. The van der Waals surface area contributed by atoms with Gasteiger partial charge >= 0.3 is 0 Å². The van der Waals surface area contributed by atoms with Crippen LogP contribution in [0.15, 0.2) is 48.7 Å². The van der Waals surface area contributed by atoms with Gasteiger partial charge in [0.15, 0.2) is 0 Å². The molecule has 0 atom stereocenters. The molecule has 0 aliphatic carbocycles. The van der Waals surface area contributed by atoms with E-state index in [-0.39, 0.29) is 0 Å². The molecule has 3 rings (SSSR count). The lowest BCUT2D eigenvalue weighted by atomic mass is 10.1. The van der Waals surface area contributed by atoms with Crippen LogP contribution in [0.2, 0.25) is 5.02 Å². The molecule has 0 saturated carbocycles. The van der Waals surface area contributed by atoms with Gasteiger partial charge < -0.3 is 9.30 Å². The third kappa shape index (κ3) is 2.27. The predicted octanol–water partition coefficient (Wildman–Crippen LogP) is 4.66. The number of aromatic nitrogens is 1. The summed E-state index contributed by atoms with van der Waals surface area (Å²) < 4.78 is 7.64. The summed E-state index contributed by atoms with van der Waals surface area (Å²) in [6.45, 7) is 2.86. The van der Waals surface area contributed by atoms with Crippen molar-refractivity contribution in [1.29, 1.82) is 0 Å². The highest BCUT2D eigenvalue weighted by molar-refractivity contribution is 6.35. The summed E-state index contributed by atoms with van der Waals surface area (Å²) in [6.07, 6.45) is 2.07. The number of nitrogens with zero attached hydrogens (tertiary/aromatic N) is 1. The molecule has 0 aliphatic rings. The van der Waals surface area contributed by atoms with Crippen LogP contribution >= 0.6 is 11.6 Å². The predicted molar refractivity (Wildman–Crippen MR) is 83.8 cm³/mol. The van der Waals surface area contributed by atoms with E-state index in [0.29, 0.717) is 0 Å². The van der Waals surface area contributed by atoms with Gasteiger partial charge in [0.25, 0.3) is 0 Å². The topological polar surface area (TPSA) is 14.2 Å². The highest BCUT2D eigenvalue weighted by Gasteiger charge is 2.08. The lowest BCUT2D eigenvalue weighted by molar-refractivity contribution is 0.408. The lowest BCUT2D eigenvalue weighted by Gasteiger charge is -2.11. The highest BCUT2D eigenvalue weighted by Crippen LogP contribution is 2.27. The van der Waals surface area contributed by atoms with Crippen molar-refractivity contribution in [2.45, 2.75) is 13.5 Å². The largest absolute Gasteiger partial charge is 0.496 e. The van der Waals surface area contributed by atoms with Gasteiger partial charge in [-0.15, -0.1) is 0 Å². The normalized spacial score (nSPS) is 10.9. The second-order valence-corrected chi connectivity index (χ2v) is 5.34. The summed E-state index contributed by atoms with van der Waals surface area (Å²) in [5, 5.41) is 1.87. The summed E-state index contributed by atoms with van der Waals surface area (Å²) in [4.78, 5) is 0. The van der Waals surface area contributed by atoms with E-state index in [9.17, 15) is 0 Å². The molecule has 0 unspecified atom stereocenters. The van der Waals surface area contributed by atoms with Crippen molar-refractivity contribution in [3.63, 3.8) is 0 Å². The fraction of sp³-hybridized carbons (Fsp3) is 0.176. The van der Waals surface area contributed by atoms with Crippen molar-refractivity contribution in [3.8, 4) is 5.75 Å². The minimum Gasteiger partial charge on any atom is -0.496 e. The molecule has 0 spiro atoms. The van der Waals surface area contributed by atoms with E-state index in [2.05, 4.69) is 42.0 Å². The average Bonchev–Trinajstić information content (AvgIpc) is 2.84. The Kier molecular flexibility index (Phi) is 3.41. The van der Waals surface area contributed by atoms with Crippen molar-refractivity contribution in [2.75, 3.05) is 7.11 Å². The van der Waals surface area contributed by atoms with Crippen LogP contribution in [0, 0.1) is 6.92 Å². The molecule has 0 N–H and O–H groups in total. The van der Waals surface area contributed by atoms with E-state index in [1.807, 2.05) is 18.2 Å². The van der Waals surface area contributed by atoms with Crippen molar-refractivity contribution in [1.82, 2.24) is 4.57 Å². The molecule has 1 aromatic heterocycles. The molecule has 3 heteroatoms. The van der Waals surface area contributed by atoms with Crippen molar-refractivity contribution >= 4 is 22.5 Å². The summed E-state index contributed by atoms with van der Waals surface area (Å²) in [5.74, 6) is 0.916. The number of halogens is 1. The fourth-order valence-corrected chi connectivity index (χ4v) is 2.77. The van der Waals surface area contributed by atoms with Crippen LogP contribution < -0.4 is 4.74 Å². The Bertz CT molecular complexity index is 761. The second kappa shape index (κ2) is 5.22. The summed E-state index contributed by atoms with van der Waals surface area (Å²) >= 11 is 6.22. The first-order valence-corrected chi connectivity index (χ1v) is 6.93. The number of hydrogen-bond donors (Lipinski definition) is 0. The Labute approximate surface area is 123 Å². The van der Waals surface area contributed by atoms with Gasteiger partial charge in [0.2, 0.25) is 0 Å². The molecule has 1 heterocycles. The molecule has 0 bridgehead atoms. The van der Waals surface area contributed by atoms with Gasteiger partial charge in [-0.2, -0.15) is 0 Å². The van der Waals surface area contributed by atoms with E-state index in [0.717, 1.165) is 28.2 Å². The molecule has 0 amide bonds. The zero-order valence-corrected chi connectivity index (χ0v) is 12.3. The maximum absolute atomic E-state index is 6.22. The number of hydrogen-bond acceptors (Lipinski definition) is 1. The van der Waals surface area contributed by atoms with E-state index >= 15 is 0 Å². The van der Waals surface area contributed by atoms with Crippen LogP contribution in [0.25, 0.3) is 10.9 Å². The Hall–Kier alpha value is -1.93. The third-order valence-electron chi connectivity index (χ3n) is 3.54. The van der Waals surface area contributed by atoms with E-state index in [4.69, 9.17) is 16.3 Å². The zero-order chi connectivity index (χ0) is 14.1. The molecule has 0 radical (unpaired) electrons. The first-order valence-electron chi connectivity index (χ1n) is 6.56. The summed E-state index contributed by atoms with van der Waals surface area (Å²) in [6, 6.07) is 14.3. The van der Waals surface area contributed by atoms with Gasteiger partial charge in [-0.05, 0) is 31.2 Å². The van der Waals surface area contributed by atoms with Crippen molar-refractivity contribution in [3.05, 3.63) is 64.8 Å². The summed E-state index contributed by atoms with van der Waals surface area (Å²) in [5.41, 5.74) is 3.54. The number of rotatable bonds is 3. The van der Waals surface area contributed by atoms with Crippen molar-refractivity contribution < 1.29 is 4.74 Å². The van der Waals surface area contributed by atoms with Crippen LogP contribution in [-0.2, 0) is 6.54 Å². The Balaban J connectivity index is 2.06. The molecule has 102 valence electrons. The molecule has 0 aliphatic heterocycles. The molecular weight excluding hydrogens is 270 g/mol. The number of ether oxygens (including phenoxy) is 1. The molecule has 2 aromatic carbocycles. The quantitative estimate of drug-likeness (QED) is 0.683. The number of benzene rings is 2. The average molecular weight is 286 g/mol. The second-order valence-electron chi connectivity index (χ2n) is 4.93. The van der Waals surface area contributed by atoms with Gasteiger partial charge in [0.05, 0.1) is 13.7 Å². The standard InChI is InChI=1S/C17H16ClNO/c1-12-6-7-17(20-2)13(10-12)11-19-9-8-14-15(18)4-3-5-16(14)19/h3-10H,11H2,1-2H3. The molecule has 3 aromatic rings. The monoisotopic (exact) mass is 285 g/mol. The van der Waals surface area contributed by atoms with Gasteiger partial charge in [-0.1, -0.05) is 35.4 Å². The maximum Gasteiger partial charge on any atom is 0.123 e. The molecule has 2 nitrogen and oxygen atoms in total. The Morgan fingerprint density at radius 3 is 2.80 bits per heavy atom. The van der Waals surface area contributed by atoms with Gasteiger partial charge in [-0.3, -0.25) is 0 Å². The van der Waals surface area contributed by atoms with E-state index < -0.39 is 0 Å². The Morgan fingerprint density at radius 1 is 1.15 bits per heavy atom. The number of aryl methyl sites for hydroxylation is 1. The number of methoxy groups -OCH3 is 1.